The Kier molecular flexibility index (Phi) is 3.87. The summed E-state index contributed by atoms with van der Waals surface area (Å²) in [4.78, 5) is 23.7. The lowest BCUT2D eigenvalue weighted by Crippen LogP contribution is -2.30. The van der Waals surface area contributed by atoms with Crippen LogP contribution in [0.2, 0.25) is 0 Å². The first-order valence-corrected chi connectivity index (χ1v) is 8.44. The average Bonchev–Trinajstić information content (AvgIpc) is 3.26. The highest BCUT2D eigenvalue weighted by atomic mass is 32.1. The molecule has 0 saturated heterocycles. The van der Waals surface area contributed by atoms with Crippen LogP contribution in [-0.2, 0) is 19.5 Å². The number of nitrogens with zero attached hydrogens (tertiary/aromatic N) is 3. The second-order valence-electron chi connectivity index (χ2n) is 5.67. The molecule has 0 aromatic carbocycles. The van der Waals surface area contributed by atoms with Crippen molar-refractivity contribution in [1.82, 2.24) is 14.9 Å². The number of fused-ring (bicyclic) bond motifs is 1. The van der Waals surface area contributed by atoms with Crippen molar-refractivity contribution in [3.8, 4) is 11.6 Å². The minimum atomic E-state index is -0.867. The molecule has 24 heavy (non-hydrogen) atoms. The van der Waals surface area contributed by atoms with Crippen LogP contribution in [0.5, 0.6) is 0 Å². The summed E-state index contributed by atoms with van der Waals surface area (Å²) in [5.74, 6) is 0.436. The lowest BCUT2D eigenvalue weighted by molar-refractivity contribution is 0.0702. The molecule has 0 fully saturated rings. The number of rotatable bonds is 4. The quantitative estimate of drug-likeness (QED) is 0.786. The third-order valence-electron chi connectivity index (χ3n) is 4.01. The highest BCUT2D eigenvalue weighted by Gasteiger charge is 2.20. The monoisotopic (exact) mass is 341 g/mol. The number of aromatic carboxylic acids is 1. The maximum atomic E-state index is 11.0. The first kappa shape index (κ1) is 15.0. The summed E-state index contributed by atoms with van der Waals surface area (Å²) in [6.45, 7) is 2.41. The molecule has 0 atom stereocenters. The predicted octanol–water partition coefficient (Wildman–Crippen LogP) is 3.05. The zero-order valence-electron chi connectivity index (χ0n) is 12.8. The molecule has 0 amide bonds. The van der Waals surface area contributed by atoms with Gasteiger partial charge in [0, 0.05) is 42.7 Å². The summed E-state index contributed by atoms with van der Waals surface area (Å²) in [5, 5.41) is 9.01. The van der Waals surface area contributed by atoms with Gasteiger partial charge in [0.05, 0.1) is 12.0 Å². The SMILES string of the molecule is O=C(O)c1ccc(CN2CCc3nc(-c4ccco4)ncc3C2)s1. The van der Waals surface area contributed by atoms with E-state index in [1.807, 2.05) is 24.4 Å². The van der Waals surface area contributed by atoms with E-state index in [1.54, 1.807) is 12.3 Å². The van der Waals surface area contributed by atoms with E-state index in [-0.39, 0.29) is 0 Å². The molecule has 0 bridgehead atoms. The third-order valence-corrected chi connectivity index (χ3v) is 5.06. The molecular weight excluding hydrogens is 326 g/mol. The molecule has 1 aliphatic rings. The number of carbonyl (C=O) groups is 1. The van der Waals surface area contributed by atoms with Gasteiger partial charge in [0.2, 0.25) is 0 Å². The summed E-state index contributed by atoms with van der Waals surface area (Å²) >= 11 is 1.33. The molecule has 0 aliphatic carbocycles. The topological polar surface area (TPSA) is 79.5 Å². The molecule has 4 heterocycles. The van der Waals surface area contributed by atoms with Gasteiger partial charge < -0.3 is 9.52 Å². The fraction of sp³-hybridized carbons (Fsp3) is 0.235. The summed E-state index contributed by atoms with van der Waals surface area (Å²) in [7, 11) is 0. The molecule has 0 saturated carbocycles. The van der Waals surface area contributed by atoms with E-state index >= 15 is 0 Å². The number of hydrogen-bond acceptors (Lipinski definition) is 6. The molecule has 0 radical (unpaired) electrons. The van der Waals surface area contributed by atoms with Crippen molar-refractivity contribution in [1.29, 1.82) is 0 Å². The maximum Gasteiger partial charge on any atom is 0.345 e. The van der Waals surface area contributed by atoms with Crippen molar-refractivity contribution in [2.75, 3.05) is 6.54 Å². The first-order valence-electron chi connectivity index (χ1n) is 7.62. The van der Waals surface area contributed by atoms with Crippen LogP contribution in [0, 0.1) is 0 Å². The van der Waals surface area contributed by atoms with Crippen LogP contribution in [0.3, 0.4) is 0 Å². The van der Waals surface area contributed by atoms with E-state index in [0.29, 0.717) is 16.5 Å². The molecule has 6 nitrogen and oxygen atoms in total. The van der Waals surface area contributed by atoms with Crippen LogP contribution < -0.4 is 0 Å². The van der Waals surface area contributed by atoms with Crippen LogP contribution in [0.15, 0.2) is 41.1 Å². The van der Waals surface area contributed by atoms with Gasteiger partial charge in [0.1, 0.15) is 4.88 Å². The molecule has 0 spiro atoms. The largest absolute Gasteiger partial charge is 0.477 e. The molecule has 1 aliphatic heterocycles. The second kappa shape index (κ2) is 6.18. The van der Waals surface area contributed by atoms with Crippen molar-refractivity contribution in [3.05, 3.63) is 57.7 Å². The van der Waals surface area contributed by atoms with Crippen molar-refractivity contribution < 1.29 is 14.3 Å². The second-order valence-corrected chi connectivity index (χ2v) is 6.84. The van der Waals surface area contributed by atoms with Gasteiger partial charge in [0.15, 0.2) is 11.6 Å². The van der Waals surface area contributed by atoms with Crippen LogP contribution >= 0.6 is 11.3 Å². The van der Waals surface area contributed by atoms with Gasteiger partial charge in [-0.2, -0.15) is 0 Å². The Morgan fingerprint density at radius 3 is 3.04 bits per heavy atom. The van der Waals surface area contributed by atoms with Crippen LogP contribution in [0.4, 0.5) is 0 Å². The van der Waals surface area contributed by atoms with Crippen LogP contribution in [0.25, 0.3) is 11.6 Å². The first-order chi connectivity index (χ1) is 11.7. The van der Waals surface area contributed by atoms with E-state index in [9.17, 15) is 4.79 Å². The van der Waals surface area contributed by atoms with E-state index in [4.69, 9.17) is 9.52 Å². The zero-order valence-corrected chi connectivity index (χ0v) is 13.6. The third kappa shape index (κ3) is 2.95. The minimum absolute atomic E-state index is 0.383. The van der Waals surface area contributed by atoms with E-state index in [1.165, 1.54) is 11.3 Å². The zero-order chi connectivity index (χ0) is 16.5. The number of carboxylic acids is 1. The maximum absolute atomic E-state index is 11.0. The molecule has 1 N–H and O–H groups in total. The average molecular weight is 341 g/mol. The summed E-state index contributed by atoms with van der Waals surface area (Å²) in [5.41, 5.74) is 2.18. The molecule has 7 heteroatoms. The molecule has 0 unspecified atom stereocenters. The Hall–Kier alpha value is -2.51. The Morgan fingerprint density at radius 1 is 1.38 bits per heavy atom. The van der Waals surface area contributed by atoms with Crippen molar-refractivity contribution in [2.45, 2.75) is 19.5 Å². The molecule has 3 aromatic heterocycles. The number of aromatic nitrogens is 2. The Bertz CT molecular complexity index is 873. The molecule has 3 aromatic rings. The van der Waals surface area contributed by atoms with Gasteiger partial charge >= 0.3 is 5.97 Å². The van der Waals surface area contributed by atoms with Gasteiger partial charge in [-0.1, -0.05) is 0 Å². The van der Waals surface area contributed by atoms with Gasteiger partial charge in [-0.05, 0) is 24.3 Å². The van der Waals surface area contributed by atoms with Gasteiger partial charge in [0.25, 0.3) is 0 Å². The summed E-state index contributed by atoms with van der Waals surface area (Å²) in [6.07, 6.45) is 4.33. The lowest BCUT2D eigenvalue weighted by atomic mass is 10.1. The Balaban J connectivity index is 1.48. The van der Waals surface area contributed by atoms with Gasteiger partial charge in [-0.3, -0.25) is 4.90 Å². The van der Waals surface area contributed by atoms with Crippen LogP contribution in [-0.4, -0.2) is 32.5 Å². The number of hydrogen-bond donors (Lipinski definition) is 1. The smallest absolute Gasteiger partial charge is 0.345 e. The molecule has 4 rings (SSSR count). The number of thiophene rings is 1. The highest BCUT2D eigenvalue weighted by Crippen LogP contribution is 2.24. The molecule has 122 valence electrons. The lowest BCUT2D eigenvalue weighted by Gasteiger charge is -2.27. The Morgan fingerprint density at radius 2 is 2.29 bits per heavy atom. The standard InChI is InChI=1S/C17H15N3O3S/c21-17(22)15-4-3-12(24-15)10-20-6-5-13-11(9-20)8-18-16(19-13)14-2-1-7-23-14/h1-4,7-8H,5-6,9-10H2,(H,21,22). The fourth-order valence-electron chi connectivity index (χ4n) is 2.83. The van der Waals surface area contributed by atoms with Gasteiger partial charge in [-0.25, -0.2) is 14.8 Å². The summed E-state index contributed by atoms with van der Waals surface area (Å²) < 4.78 is 5.35. The molecular formula is C17H15N3O3S. The van der Waals surface area contributed by atoms with Crippen molar-refractivity contribution in [3.63, 3.8) is 0 Å². The normalized spacial score (nSPS) is 14.5. The number of furan rings is 1. The predicted molar refractivity (Wildman–Crippen MR) is 88.8 cm³/mol. The van der Waals surface area contributed by atoms with Gasteiger partial charge in [-0.15, -0.1) is 11.3 Å². The van der Waals surface area contributed by atoms with E-state index in [0.717, 1.165) is 42.2 Å². The Labute approximate surface area is 142 Å². The minimum Gasteiger partial charge on any atom is -0.477 e. The number of carboxylic acid groups (broad SMARTS) is 1. The van der Waals surface area contributed by atoms with E-state index in [2.05, 4.69) is 14.9 Å². The fourth-order valence-corrected chi connectivity index (χ4v) is 3.72. The van der Waals surface area contributed by atoms with Crippen LogP contribution in [0.1, 0.15) is 25.8 Å². The summed E-state index contributed by atoms with van der Waals surface area (Å²) in [6, 6.07) is 7.24. The van der Waals surface area contributed by atoms with Crippen molar-refractivity contribution in [2.24, 2.45) is 0 Å². The van der Waals surface area contributed by atoms with E-state index < -0.39 is 5.97 Å². The highest BCUT2D eigenvalue weighted by molar-refractivity contribution is 7.13. The van der Waals surface area contributed by atoms with Crippen molar-refractivity contribution >= 4 is 17.3 Å².